The van der Waals surface area contributed by atoms with Crippen LogP contribution in [0, 0.1) is 6.92 Å². The van der Waals surface area contributed by atoms with Gasteiger partial charge in [-0.1, -0.05) is 11.6 Å². The van der Waals surface area contributed by atoms with Crippen molar-refractivity contribution in [2.75, 3.05) is 19.8 Å². The summed E-state index contributed by atoms with van der Waals surface area (Å²) in [7, 11) is 0. The molecule has 5 nitrogen and oxygen atoms in total. The fourth-order valence-corrected chi connectivity index (χ4v) is 3.54. The second-order valence-corrected chi connectivity index (χ2v) is 6.59. The molecule has 23 heavy (non-hydrogen) atoms. The molecule has 3 rings (SSSR count). The first-order valence-corrected chi connectivity index (χ1v) is 8.39. The van der Waals surface area contributed by atoms with Gasteiger partial charge in [-0.05, 0) is 49.9 Å². The summed E-state index contributed by atoms with van der Waals surface area (Å²) >= 11 is 5.92. The minimum atomic E-state index is -0.430. The Kier molecular flexibility index (Phi) is 4.87. The lowest BCUT2D eigenvalue weighted by atomic mass is 10.1. The normalized spacial score (nSPS) is 22.4. The second-order valence-electron chi connectivity index (χ2n) is 6.15. The third-order valence-corrected chi connectivity index (χ3v) is 4.84. The molecule has 1 unspecified atom stereocenters. The number of amides is 2. The Morgan fingerprint density at radius 1 is 1.30 bits per heavy atom. The fourth-order valence-electron chi connectivity index (χ4n) is 3.31. The van der Waals surface area contributed by atoms with Gasteiger partial charge in [0.2, 0.25) is 5.91 Å². The topological polar surface area (TPSA) is 58.6 Å². The van der Waals surface area contributed by atoms with E-state index in [0.717, 1.165) is 18.4 Å². The predicted molar refractivity (Wildman–Crippen MR) is 87.6 cm³/mol. The molecule has 0 saturated carbocycles. The maximum Gasteiger partial charge on any atom is 0.252 e. The second kappa shape index (κ2) is 6.89. The van der Waals surface area contributed by atoms with E-state index >= 15 is 0 Å². The molecular formula is C17H21ClN2O3. The Morgan fingerprint density at radius 3 is 2.74 bits per heavy atom. The minimum Gasteiger partial charge on any atom is -0.381 e. The number of halogens is 1. The van der Waals surface area contributed by atoms with Crippen LogP contribution < -0.4 is 5.32 Å². The summed E-state index contributed by atoms with van der Waals surface area (Å²) in [5.74, 6) is -0.191. The van der Waals surface area contributed by atoms with Gasteiger partial charge in [-0.2, -0.15) is 0 Å². The summed E-state index contributed by atoms with van der Waals surface area (Å²) in [6.07, 6.45) is 2.42. The number of nitrogens with zero attached hydrogens (tertiary/aromatic N) is 1. The van der Waals surface area contributed by atoms with Crippen molar-refractivity contribution in [3.8, 4) is 0 Å². The Hall–Kier alpha value is -1.59. The number of aryl methyl sites for hydroxylation is 1. The molecule has 0 aliphatic carbocycles. The van der Waals surface area contributed by atoms with E-state index in [-0.39, 0.29) is 17.9 Å². The van der Waals surface area contributed by atoms with E-state index in [1.165, 1.54) is 0 Å². The molecule has 2 fully saturated rings. The van der Waals surface area contributed by atoms with Crippen molar-refractivity contribution in [3.05, 3.63) is 34.3 Å². The third-order valence-electron chi connectivity index (χ3n) is 4.61. The van der Waals surface area contributed by atoms with E-state index in [1.54, 1.807) is 18.2 Å². The molecule has 2 saturated heterocycles. The number of carbonyl (C=O) groups excluding carboxylic acids is 2. The van der Waals surface area contributed by atoms with Crippen LogP contribution in [0.2, 0.25) is 5.02 Å². The van der Waals surface area contributed by atoms with Gasteiger partial charge in [-0.15, -0.1) is 0 Å². The molecule has 124 valence electrons. The zero-order valence-electron chi connectivity index (χ0n) is 13.2. The summed E-state index contributed by atoms with van der Waals surface area (Å²) < 4.78 is 5.35. The number of rotatable bonds is 3. The van der Waals surface area contributed by atoms with E-state index in [0.29, 0.717) is 36.8 Å². The van der Waals surface area contributed by atoms with Gasteiger partial charge in [0.25, 0.3) is 5.91 Å². The highest BCUT2D eigenvalue weighted by Gasteiger charge is 2.37. The van der Waals surface area contributed by atoms with Gasteiger partial charge in [-0.25, -0.2) is 0 Å². The molecule has 2 aliphatic heterocycles. The summed E-state index contributed by atoms with van der Waals surface area (Å²) in [5, 5.41) is 3.47. The van der Waals surface area contributed by atoms with Crippen LogP contribution in [-0.4, -0.2) is 48.6 Å². The smallest absolute Gasteiger partial charge is 0.252 e. The maximum atomic E-state index is 12.6. The number of ether oxygens (including phenoxy) is 1. The standard InChI is InChI=1S/C17H21ClN2O3/c1-11-10-12(18)2-3-14(11)16(21)19-15-4-7-20(17(15)22)13-5-8-23-9-6-13/h2-3,10,13,15H,4-9H2,1H3,(H,19,21). The van der Waals surface area contributed by atoms with E-state index in [9.17, 15) is 9.59 Å². The molecule has 0 radical (unpaired) electrons. The quantitative estimate of drug-likeness (QED) is 0.920. The van der Waals surface area contributed by atoms with E-state index in [4.69, 9.17) is 16.3 Å². The van der Waals surface area contributed by atoms with Crippen LogP contribution in [0.15, 0.2) is 18.2 Å². The number of hydrogen-bond donors (Lipinski definition) is 1. The van der Waals surface area contributed by atoms with Gasteiger partial charge in [0, 0.05) is 36.4 Å². The molecule has 0 spiro atoms. The number of nitrogens with one attached hydrogen (secondary N) is 1. The van der Waals surface area contributed by atoms with Gasteiger partial charge in [0.15, 0.2) is 0 Å². The Bertz CT molecular complexity index is 614. The highest BCUT2D eigenvalue weighted by molar-refractivity contribution is 6.30. The van der Waals surface area contributed by atoms with Crippen LogP contribution in [0.4, 0.5) is 0 Å². The molecule has 0 aromatic heterocycles. The average molecular weight is 337 g/mol. The molecule has 1 atom stereocenters. The molecule has 1 aromatic carbocycles. The molecule has 1 N–H and O–H groups in total. The number of carbonyl (C=O) groups is 2. The summed E-state index contributed by atoms with van der Waals surface area (Å²) in [4.78, 5) is 26.9. The van der Waals surface area contributed by atoms with Gasteiger partial charge < -0.3 is 15.0 Å². The maximum absolute atomic E-state index is 12.6. The third kappa shape index (κ3) is 3.51. The van der Waals surface area contributed by atoms with E-state index < -0.39 is 6.04 Å². The van der Waals surface area contributed by atoms with Crippen molar-refractivity contribution in [2.45, 2.75) is 38.3 Å². The largest absolute Gasteiger partial charge is 0.381 e. The summed E-state index contributed by atoms with van der Waals surface area (Å²) in [6.45, 7) is 3.95. The van der Waals surface area contributed by atoms with Gasteiger partial charge in [0.1, 0.15) is 6.04 Å². The van der Waals surface area contributed by atoms with Gasteiger partial charge in [-0.3, -0.25) is 9.59 Å². The number of likely N-dealkylation sites (tertiary alicyclic amines) is 1. The molecule has 2 amide bonds. The van der Waals surface area contributed by atoms with Crippen molar-refractivity contribution in [3.63, 3.8) is 0 Å². The van der Waals surface area contributed by atoms with Crippen molar-refractivity contribution in [2.24, 2.45) is 0 Å². The van der Waals surface area contributed by atoms with E-state index in [2.05, 4.69) is 5.32 Å². The van der Waals surface area contributed by atoms with Crippen molar-refractivity contribution in [1.82, 2.24) is 10.2 Å². The molecule has 0 bridgehead atoms. The van der Waals surface area contributed by atoms with Crippen molar-refractivity contribution >= 4 is 23.4 Å². The van der Waals surface area contributed by atoms with Crippen LogP contribution >= 0.6 is 11.6 Å². The summed E-state index contributed by atoms with van der Waals surface area (Å²) in [6, 6.07) is 4.95. The van der Waals surface area contributed by atoms with Crippen LogP contribution in [0.3, 0.4) is 0 Å². The molecular weight excluding hydrogens is 316 g/mol. The van der Waals surface area contributed by atoms with Crippen LogP contribution in [-0.2, 0) is 9.53 Å². The predicted octanol–water partition coefficient (Wildman–Crippen LogP) is 2.16. The monoisotopic (exact) mass is 336 g/mol. The Morgan fingerprint density at radius 2 is 2.04 bits per heavy atom. The molecule has 1 aromatic rings. The first-order valence-electron chi connectivity index (χ1n) is 8.01. The molecule has 2 aliphatic rings. The highest BCUT2D eigenvalue weighted by atomic mass is 35.5. The summed E-state index contributed by atoms with van der Waals surface area (Å²) in [5.41, 5.74) is 1.37. The molecule has 6 heteroatoms. The molecule has 2 heterocycles. The number of benzene rings is 1. The minimum absolute atomic E-state index is 0.0249. The van der Waals surface area contributed by atoms with Gasteiger partial charge >= 0.3 is 0 Å². The Labute approximate surface area is 140 Å². The van der Waals surface area contributed by atoms with Crippen LogP contribution in [0.5, 0.6) is 0 Å². The lowest BCUT2D eigenvalue weighted by Crippen LogP contribution is -2.46. The van der Waals surface area contributed by atoms with Crippen LogP contribution in [0.25, 0.3) is 0 Å². The average Bonchev–Trinajstić information content (AvgIpc) is 2.89. The van der Waals surface area contributed by atoms with Crippen molar-refractivity contribution < 1.29 is 14.3 Å². The fraction of sp³-hybridized carbons (Fsp3) is 0.529. The lowest BCUT2D eigenvalue weighted by molar-refractivity contribution is -0.132. The van der Waals surface area contributed by atoms with Crippen molar-refractivity contribution in [1.29, 1.82) is 0 Å². The van der Waals surface area contributed by atoms with Gasteiger partial charge in [0.05, 0.1) is 0 Å². The lowest BCUT2D eigenvalue weighted by Gasteiger charge is -2.31. The Balaban J connectivity index is 1.64. The SMILES string of the molecule is Cc1cc(Cl)ccc1C(=O)NC1CCN(C2CCOCC2)C1=O. The van der Waals surface area contributed by atoms with Crippen LogP contribution in [0.1, 0.15) is 35.2 Å². The highest BCUT2D eigenvalue weighted by Crippen LogP contribution is 2.22. The van der Waals surface area contributed by atoms with E-state index in [1.807, 2.05) is 11.8 Å². The zero-order valence-corrected chi connectivity index (χ0v) is 13.9. The first-order chi connectivity index (χ1) is 11.1. The zero-order chi connectivity index (χ0) is 16.4. The first kappa shape index (κ1) is 16.3. The number of hydrogen-bond acceptors (Lipinski definition) is 3.